The number of hydrogen-bond donors (Lipinski definition) is 1. The molecule has 0 aromatic carbocycles. The van der Waals surface area contributed by atoms with Crippen LogP contribution in [0.5, 0.6) is 0 Å². The molecule has 0 aliphatic heterocycles. The van der Waals surface area contributed by atoms with Crippen LogP contribution in [0.25, 0.3) is 0 Å². The zero-order chi connectivity index (χ0) is 13.7. The molecular formula is C12H18Br2N2OS. The van der Waals surface area contributed by atoms with Gasteiger partial charge in [0.1, 0.15) is 0 Å². The molecule has 1 aromatic heterocycles. The number of carbonyl (C=O) groups excluding carboxylic acids is 1. The Kier molecular flexibility index (Phi) is 6.84. The molecule has 0 unspecified atom stereocenters. The summed E-state index contributed by atoms with van der Waals surface area (Å²) in [4.78, 5) is 14.8. The summed E-state index contributed by atoms with van der Waals surface area (Å²) in [7, 11) is 2.10. The molecule has 0 aliphatic rings. The Morgan fingerprint density at radius 3 is 2.67 bits per heavy atom. The lowest BCUT2D eigenvalue weighted by Gasteiger charge is -2.20. The molecule has 3 nitrogen and oxygen atoms in total. The van der Waals surface area contributed by atoms with Crippen molar-refractivity contribution in [2.24, 2.45) is 0 Å². The largest absolute Gasteiger partial charge is 0.351 e. The first-order valence-electron chi connectivity index (χ1n) is 5.85. The van der Waals surface area contributed by atoms with Crippen LogP contribution >= 0.6 is 43.2 Å². The van der Waals surface area contributed by atoms with Crippen molar-refractivity contribution in [2.45, 2.75) is 26.3 Å². The van der Waals surface area contributed by atoms with E-state index >= 15 is 0 Å². The summed E-state index contributed by atoms with van der Waals surface area (Å²) in [5.41, 5.74) is 0. The summed E-state index contributed by atoms with van der Waals surface area (Å²) in [6, 6.07) is 2.38. The Bertz CT molecular complexity index is 387. The SMILES string of the molecule is CC(C)N(C)CCCNC(=O)c1cc(Br)c(Br)s1. The van der Waals surface area contributed by atoms with Gasteiger partial charge in [0.05, 0.1) is 8.66 Å². The minimum Gasteiger partial charge on any atom is -0.351 e. The summed E-state index contributed by atoms with van der Waals surface area (Å²) >= 11 is 8.20. The maximum atomic E-state index is 11.8. The van der Waals surface area contributed by atoms with E-state index in [1.807, 2.05) is 6.07 Å². The Balaban J connectivity index is 2.30. The fourth-order valence-corrected chi connectivity index (χ4v) is 3.29. The molecule has 6 heteroatoms. The van der Waals surface area contributed by atoms with Gasteiger partial charge in [-0.1, -0.05) is 0 Å². The quantitative estimate of drug-likeness (QED) is 0.741. The minimum atomic E-state index is -0.00130. The molecule has 1 amide bonds. The minimum absolute atomic E-state index is 0.00130. The molecular weight excluding hydrogens is 380 g/mol. The van der Waals surface area contributed by atoms with Gasteiger partial charge in [0.2, 0.25) is 0 Å². The molecule has 0 atom stereocenters. The number of rotatable bonds is 6. The second kappa shape index (κ2) is 7.62. The molecule has 0 aliphatic carbocycles. The van der Waals surface area contributed by atoms with E-state index in [0.717, 1.165) is 26.1 Å². The van der Waals surface area contributed by atoms with Crippen molar-refractivity contribution in [3.63, 3.8) is 0 Å². The molecule has 0 fully saturated rings. The fourth-order valence-electron chi connectivity index (χ4n) is 1.33. The molecule has 0 bridgehead atoms. The monoisotopic (exact) mass is 396 g/mol. The van der Waals surface area contributed by atoms with Gasteiger partial charge in [0.15, 0.2) is 0 Å². The van der Waals surface area contributed by atoms with E-state index in [4.69, 9.17) is 0 Å². The van der Waals surface area contributed by atoms with Crippen molar-refractivity contribution in [1.82, 2.24) is 10.2 Å². The highest BCUT2D eigenvalue weighted by molar-refractivity contribution is 9.13. The predicted octanol–water partition coefficient (Wildman–Crippen LogP) is 3.73. The molecule has 1 N–H and O–H groups in total. The zero-order valence-corrected chi connectivity index (χ0v) is 14.8. The average molecular weight is 398 g/mol. The van der Waals surface area contributed by atoms with Crippen molar-refractivity contribution >= 4 is 49.1 Å². The molecule has 102 valence electrons. The lowest BCUT2D eigenvalue weighted by molar-refractivity contribution is 0.0955. The lowest BCUT2D eigenvalue weighted by atomic mass is 10.3. The number of nitrogens with one attached hydrogen (secondary N) is 1. The van der Waals surface area contributed by atoms with E-state index in [1.165, 1.54) is 11.3 Å². The second-order valence-electron chi connectivity index (χ2n) is 4.42. The number of halogens is 2. The van der Waals surface area contributed by atoms with Crippen LogP contribution in [0.1, 0.15) is 29.9 Å². The predicted molar refractivity (Wildman–Crippen MR) is 84.4 cm³/mol. The summed E-state index contributed by atoms with van der Waals surface area (Å²) < 4.78 is 1.88. The molecule has 1 rings (SSSR count). The number of carbonyl (C=O) groups is 1. The Morgan fingerprint density at radius 2 is 2.17 bits per heavy atom. The highest BCUT2D eigenvalue weighted by atomic mass is 79.9. The van der Waals surface area contributed by atoms with Crippen LogP contribution in [0.3, 0.4) is 0 Å². The molecule has 18 heavy (non-hydrogen) atoms. The van der Waals surface area contributed by atoms with Crippen LogP contribution in [0.2, 0.25) is 0 Å². The lowest BCUT2D eigenvalue weighted by Crippen LogP contribution is -2.31. The molecule has 1 heterocycles. The molecule has 0 saturated carbocycles. The normalized spacial score (nSPS) is 11.3. The second-order valence-corrected chi connectivity index (χ2v) is 7.64. The summed E-state index contributed by atoms with van der Waals surface area (Å²) in [5, 5.41) is 2.94. The first-order chi connectivity index (χ1) is 8.41. The number of hydrogen-bond acceptors (Lipinski definition) is 3. The van der Waals surface area contributed by atoms with Gasteiger partial charge >= 0.3 is 0 Å². The van der Waals surface area contributed by atoms with Crippen molar-refractivity contribution < 1.29 is 4.79 Å². The van der Waals surface area contributed by atoms with Gasteiger partial charge in [-0.25, -0.2) is 0 Å². The van der Waals surface area contributed by atoms with Gasteiger partial charge in [-0.15, -0.1) is 11.3 Å². The smallest absolute Gasteiger partial charge is 0.261 e. The molecule has 0 radical (unpaired) electrons. The Hall–Kier alpha value is 0.0900. The summed E-state index contributed by atoms with van der Waals surface area (Å²) in [6.45, 7) is 6.04. The third-order valence-electron chi connectivity index (χ3n) is 2.72. The Labute approximate surface area is 129 Å². The molecule has 0 saturated heterocycles. The first-order valence-corrected chi connectivity index (χ1v) is 8.25. The first kappa shape index (κ1) is 16.1. The van der Waals surface area contributed by atoms with E-state index in [-0.39, 0.29) is 5.91 Å². The summed E-state index contributed by atoms with van der Waals surface area (Å²) in [6.07, 6.45) is 0.966. The standard InChI is InChI=1S/C12H18Br2N2OS/c1-8(2)16(3)6-4-5-15-12(17)10-7-9(13)11(14)18-10/h7-8H,4-6H2,1-3H3,(H,15,17). The van der Waals surface area contributed by atoms with Crippen molar-refractivity contribution in [1.29, 1.82) is 0 Å². The van der Waals surface area contributed by atoms with E-state index in [2.05, 4.69) is 63.0 Å². The number of amides is 1. The third kappa shape index (κ3) is 4.99. The molecule has 0 spiro atoms. The van der Waals surface area contributed by atoms with Crippen molar-refractivity contribution in [3.8, 4) is 0 Å². The highest BCUT2D eigenvalue weighted by Gasteiger charge is 2.11. The van der Waals surface area contributed by atoms with Crippen LogP contribution in [-0.4, -0.2) is 37.0 Å². The third-order valence-corrected chi connectivity index (χ3v) is 5.98. The van der Waals surface area contributed by atoms with Gasteiger partial charge in [-0.3, -0.25) is 4.79 Å². The maximum Gasteiger partial charge on any atom is 0.261 e. The van der Waals surface area contributed by atoms with Gasteiger partial charge in [0, 0.05) is 17.1 Å². The number of thiophene rings is 1. The van der Waals surface area contributed by atoms with Gasteiger partial charge in [0.25, 0.3) is 5.91 Å². The topological polar surface area (TPSA) is 32.3 Å². The highest BCUT2D eigenvalue weighted by Crippen LogP contribution is 2.32. The van der Waals surface area contributed by atoms with Crippen LogP contribution in [0.15, 0.2) is 14.3 Å². The van der Waals surface area contributed by atoms with E-state index in [9.17, 15) is 4.79 Å². The van der Waals surface area contributed by atoms with E-state index in [0.29, 0.717) is 12.6 Å². The van der Waals surface area contributed by atoms with Crippen LogP contribution in [-0.2, 0) is 0 Å². The van der Waals surface area contributed by atoms with E-state index < -0.39 is 0 Å². The number of nitrogens with zero attached hydrogens (tertiary/aromatic N) is 1. The van der Waals surface area contributed by atoms with Crippen LogP contribution in [0, 0.1) is 0 Å². The van der Waals surface area contributed by atoms with Crippen LogP contribution < -0.4 is 5.32 Å². The van der Waals surface area contributed by atoms with Gasteiger partial charge in [-0.05, 0) is 71.8 Å². The van der Waals surface area contributed by atoms with E-state index in [1.54, 1.807) is 0 Å². The zero-order valence-electron chi connectivity index (χ0n) is 10.8. The van der Waals surface area contributed by atoms with Crippen LogP contribution in [0.4, 0.5) is 0 Å². The van der Waals surface area contributed by atoms with Gasteiger partial charge in [-0.2, -0.15) is 0 Å². The maximum absolute atomic E-state index is 11.8. The van der Waals surface area contributed by atoms with Crippen molar-refractivity contribution in [2.75, 3.05) is 20.1 Å². The van der Waals surface area contributed by atoms with Gasteiger partial charge < -0.3 is 10.2 Å². The Morgan fingerprint density at radius 1 is 1.50 bits per heavy atom. The van der Waals surface area contributed by atoms with Crippen molar-refractivity contribution in [3.05, 3.63) is 19.2 Å². The average Bonchev–Trinajstić information content (AvgIpc) is 2.64. The fraction of sp³-hybridized carbons (Fsp3) is 0.583. The molecule has 1 aromatic rings. The summed E-state index contributed by atoms with van der Waals surface area (Å²) in [5.74, 6) is -0.00130.